The van der Waals surface area contributed by atoms with E-state index in [4.69, 9.17) is 26.2 Å². The van der Waals surface area contributed by atoms with Crippen molar-refractivity contribution in [1.82, 2.24) is 0 Å². The molecule has 0 aromatic heterocycles. The normalized spacial score (nSPS) is 19.5. The first-order valence-corrected chi connectivity index (χ1v) is 9.86. The van der Waals surface area contributed by atoms with Crippen molar-refractivity contribution >= 4 is 40.7 Å². The van der Waals surface area contributed by atoms with Crippen LogP contribution in [-0.4, -0.2) is 42.3 Å². The lowest BCUT2D eigenvalue weighted by atomic mass is 9.75. The first kappa shape index (κ1) is 20.8. The summed E-state index contributed by atoms with van der Waals surface area (Å²) in [4.78, 5) is 41.4. The zero-order valence-electron chi connectivity index (χ0n) is 16.7. The number of methoxy groups -OCH3 is 1. The van der Waals surface area contributed by atoms with Gasteiger partial charge in [-0.05, 0) is 24.6 Å². The number of nitrogens with zero attached hydrogens (tertiary/aromatic N) is 1. The van der Waals surface area contributed by atoms with Crippen LogP contribution in [0.1, 0.15) is 34.3 Å². The second-order valence-electron chi connectivity index (χ2n) is 7.24. The summed E-state index contributed by atoms with van der Waals surface area (Å²) in [6.07, 6.45) is 0. The standard InChI is InChI=1S/C23H18ClNO6/c1-11-18(23(29)30-2)19(12-7-8-16(15(24)9-12)31-10-17(26)27)20-21(25-11)13-5-3-4-6-14(13)22(20)28/h3-9,18-19H,10H2,1-2H3,(H,26,27). The van der Waals surface area contributed by atoms with Crippen molar-refractivity contribution in [2.45, 2.75) is 12.8 Å². The minimum atomic E-state index is -1.13. The highest BCUT2D eigenvalue weighted by molar-refractivity contribution is 6.32. The summed E-state index contributed by atoms with van der Waals surface area (Å²) in [7, 11) is 1.29. The molecule has 0 saturated carbocycles. The van der Waals surface area contributed by atoms with E-state index in [1.165, 1.54) is 13.2 Å². The van der Waals surface area contributed by atoms with Crippen LogP contribution in [0.15, 0.2) is 53.0 Å². The van der Waals surface area contributed by atoms with Gasteiger partial charge in [0, 0.05) is 28.3 Å². The lowest BCUT2D eigenvalue weighted by Crippen LogP contribution is -2.34. The van der Waals surface area contributed by atoms with Gasteiger partial charge in [0.1, 0.15) is 11.7 Å². The number of fused-ring (bicyclic) bond motifs is 2. The molecule has 158 valence electrons. The van der Waals surface area contributed by atoms with Crippen molar-refractivity contribution in [1.29, 1.82) is 0 Å². The van der Waals surface area contributed by atoms with Crippen LogP contribution in [0.2, 0.25) is 5.02 Å². The summed E-state index contributed by atoms with van der Waals surface area (Å²) in [5.41, 5.74) is 3.35. The Balaban J connectivity index is 1.84. The molecule has 2 unspecified atom stereocenters. The fourth-order valence-electron chi connectivity index (χ4n) is 4.11. The van der Waals surface area contributed by atoms with Crippen molar-refractivity contribution in [3.63, 3.8) is 0 Å². The number of esters is 1. The molecule has 0 amide bonds. The molecule has 2 aromatic rings. The number of hydrogen-bond donors (Lipinski definition) is 1. The fraction of sp³-hybridized carbons (Fsp3) is 0.217. The zero-order valence-corrected chi connectivity index (χ0v) is 17.5. The molecule has 31 heavy (non-hydrogen) atoms. The molecule has 2 atom stereocenters. The summed E-state index contributed by atoms with van der Waals surface area (Å²) in [6.45, 7) is 1.19. The quantitative estimate of drug-likeness (QED) is 0.711. The molecule has 2 aromatic carbocycles. The van der Waals surface area contributed by atoms with Gasteiger partial charge in [0.2, 0.25) is 0 Å². The number of carbonyl (C=O) groups is 3. The van der Waals surface area contributed by atoms with Crippen LogP contribution in [0.4, 0.5) is 0 Å². The molecular formula is C23H18ClNO6. The van der Waals surface area contributed by atoms with Crippen molar-refractivity contribution in [3.05, 3.63) is 69.8 Å². The number of carbonyl (C=O) groups excluding carboxylic acids is 2. The van der Waals surface area contributed by atoms with Gasteiger partial charge in [0.15, 0.2) is 12.4 Å². The van der Waals surface area contributed by atoms with Crippen LogP contribution in [-0.2, 0) is 14.3 Å². The lowest BCUT2D eigenvalue weighted by Gasteiger charge is -2.30. The van der Waals surface area contributed by atoms with Crippen molar-refractivity contribution < 1.29 is 29.0 Å². The molecule has 1 heterocycles. The molecule has 0 saturated heterocycles. The molecule has 0 fully saturated rings. The molecule has 8 heteroatoms. The number of halogens is 1. The topological polar surface area (TPSA) is 102 Å². The van der Waals surface area contributed by atoms with Crippen LogP contribution >= 0.6 is 11.6 Å². The highest BCUT2D eigenvalue weighted by Gasteiger charge is 2.46. The van der Waals surface area contributed by atoms with Crippen LogP contribution in [0.5, 0.6) is 5.75 Å². The third-order valence-electron chi connectivity index (χ3n) is 5.43. The third-order valence-corrected chi connectivity index (χ3v) is 5.73. The first-order chi connectivity index (χ1) is 14.8. The Morgan fingerprint density at radius 3 is 2.52 bits per heavy atom. The predicted molar refractivity (Wildman–Crippen MR) is 114 cm³/mol. The summed E-state index contributed by atoms with van der Waals surface area (Å²) < 4.78 is 10.2. The molecule has 0 spiro atoms. The molecule has 2 aliphatic rings. The Hall–Kier alpha value is -3.45. The maximum Gasteiger partial charge on any atom is 0.341 e. The third kappa shape index (κ3) is 3.51. The van der Waals surface area contributed by atoms with Crippen LogP contribution in [0.3, 0.4) is 0 Å². The molecule has 1 N–H and O–H groups in total. The number of rotatable bonds is 5. The van der Waals surface area contributed by atoms with Gasteiger partial charge >= 0.3 is 11.9 Å². The van der Waals surface area contributed by atoms with E-state index in [2.05, 4.69) is 4.99 Å². The van der Waals surface area contributed by atoms with E-state index in [0.29, 0.717) is 28.1 Å². The Morgan fingerprint density at radius 2 is 1.87 bits per heavy atom. The molecule has 0 bridgehead atoms. The number of ether oxygens (including phenoxy) is 2. The van der Waals surface area contributed by atoms with Gasteiger partial charge in [-0.15, -0.1) is 0 Å². The number of aliphatic carboxylic acids is 1. The number of aliphatic imine (C=N–C) groups is 1. The highest BCUT2D eigenvalue weighted by atomic mass is 35.5. The summed E-state index contributed by atoms with van der Waals surface area (Å²) in [5.74, 6) is -3.10. The Labute approximate surface area is 183 Å². The lowest BCUT2D eigenvalue weighted by molar-refractivity contribution is -0.143. The van der Waals surface area contributed by atoms with E-state index in [-0.39, 0.29) is 16.6 Å². The first-order valence-electron chi connectivity index (χ1n) is 9.48. The average molecular weight is 440 g/mol. The zero-order chi connectivity index (χ0) is 22.3. The molecule has 0 radical (unpaired) electrons. The number of carboxylic acid groups (broad SMARTS) is 1. The Kier molecular flexibility index (Phi) is 5.37. The molecule has 7 nitrogen and oxygen atoms in total. The van der Waals surface area contributed by atoms with Gasteiger partial charge in [-0.25, -0.2) is 4.79 Å². The van der Waals surface area contributed by atoms with Crippen LogP contribution in [0, 0.1) is 5.92 Å². The predicted octanol–water partition coefficient (Wildman–Crippen LogP) is 3.76. The number of allylic oxidation sites excluding steroid dienone is 1. The van der Waals surface area contributed by atoms with E-state index in [9.17, 15) is 14.4 Å². The van der Waals surface area contributed by atoms with Crippen molar-refractivity contribution in [2.75, 3.05) is 13.7 Å². The van der Waals surface area contributed by atoms with Crippen LogP contribution in [0.25, 0.3) is 5.70 Å². The minimum absolute atomic E-state index is 0.174. The van der Waals surface area contributed by atoms with E-state index < -0.39 is 30.4 Å². The van der Waals surface area contributed by atoms with E-state index in [1.807, 2.05) is 12.1 Å². The SMILES string of the molecule is COC(=O)C1C(C)=NC2=C(C(=O)c3ccccc32)C1c1ccc(OCC(=O)O)c(Cl)c1. The van der Waals surface area contributed by atoms with E-state index in [1.54, 1.807) is 31.2 Å². The fourth-order valence-corrected chi connectivity index (χ4v) is 4.35. The number of hydrogen-bond acceptors (Lipinski definition) is 6. The minimum Gasteiger partial charge on any atom is -0.480 e. The number of benzene rings is 2. The molecule has 4 rings (SSSR count). The summed E-state index contributed by atoms with van der Waals surface area (Å²) >= 11 is 6.33. The largest absolute Gasteiger partial charge is 0.480 e. The van der Waals surface area contributed by atoms with E-state index in [0.717, 1.165) is 5.56 Å². The van der Waals surface area contributed by atoms with Crippen molar-refractivity contribution in [3.8, 4) is 5.75 Å². The monoisotopic (exact) mass is 439 g/mol. The number of ketones is 1. The molecule has 1 aliphatic heterocycles. The van der Waals surface area contributed by atoms with Gasteiger partial charge in [-0.2, -0.15) is 0 Å². The van der Waals surface area contributed by atoms with E-state index >= 15 is 0 Å². The summed E-state index contributed by atoms with van der Waals surface area (Å²) in [6, 6.07) is 12.0. The van der Waals surface area contributed by atoms with Gasteiger partial charge in [-0.1, -0.05) is 41.9 Å². The van der Waals surface area contributed by atoms with Crippen LogP contribution < -0.4 is 4.74 Å². The summed E-state index contributed by atoms with van der Waals surface area (Å²) in [5, 5.41) is 8.99. The van der Waals surface area contributed by atoms with Crippen molar-refractivity contribution in [2.24, 2.45) is 10.9 Å². The van der Waals surface area contributed by atoms with Gasteiger partial charge in [0.05, 0.1) is 17.8 Å². The Bertz CT molecular complexity index is 1180. The average Bonchev–Trinajstić information content (AvgIpc) is 3.03. The second kappa shape index (κ2) is 8.00. The number of Topliss-reactive ketones (excluding diaryl/α,β-unsaturated/α-hetero) is 1. The highest BCUT2D eigenvalue weighted by Crippen LogP contribution is 2.48. The van der Waals surface area contributed by atoms with Gasteiger partial charge in [-0.3, -0.25) is 14.6 Å². The van der Waals surface area contributed by atoms with Gasteiger partial charge < -0.3 is 14.6 Å². The number of carboxylic acids is 1. The Morgan fingerprint density at radius 1 is 1.16 bits per heavy atom. The maximum absolute atomic E-state index is 13.3. The molecule has 1 aliphatic carbocycles. The maximum atomic E-state index is 13.3. The van der Waals surface area contributed by atoms with Gasteiger partial charge in [0.25, 0.3) is 0 Å². The molecular weight excluding hydrogens is 422 g/mol. The smallest absolute Gasteiger partial charge is 0.341 e. The second-order valence-corrected chi connectivity index (χ2v) is 7.65.